The molecule has 0 nitrogen and oxygen atoms in total. The molecule has 0 aromatic carbocycles. The zero-order valence-corrected chi connectivity index (χ0v) is 7.33. The van der Waals surface area contributed by atoms with Gasteiger partial charge in [0, 0.05) is 0 Å². The van der Waals surface area contributed by atoms with Gasteiger partial charge in [0.2, 0.25) is 0 Å². The van der Waals surface area contributed by atoms with Gasteiger partial charge >= 0.3 is 0 Å². The summed E-state index contributed by atoms with van der Waals surface area (Å²) in [6.45, 7) is 4.86. The molecule has 1 saturated carbocycles. The summed E-state index contributed by atoms with van der Waals surface area (Å²) in [5, 5.41) is 1.62. The van der Waals surface area contributed by atoms with Crippen LogP contribution in [0.4, 0.5) is 0 Å². The molecule has 2 fully saturated rings. The third kappa shape index (κ3) is 0.957. The highest BCUT2D eigenvalue weighted by molar-refractivity contribution is 6.46. The molecule has 0 unspecified atom stereocenters. The predicted octanol–water partition coefficient (Wildman–Crippen LogP) is 2.64. The third-order valence-electron chi connectivity index (χ3n) is 2.69. The minimum atomic E-state index is 0.719. The van der Waals surface area contributed by atoms with Crippen molar-refractivity contribution >= 4 is 9.52 Å². The highest BCUT2D eigenvalue weighted by Crippen LogP contribution is 2.66. The summed E-state index contributed by atoms with van der Waals surface area (Å²) in [5.74, 6) is 0. The SMILES string of the molecule is CC1(C)CCC2(CC2)[Si]1. The van der Waals surface area contributed by atoms with Gasteiger partial charge in [0.15, 0.2) is 0 Å². The Bertz CT molecular complexity index is 130. The van der Waals surface area contributed by atoms with Crippen LogP contribution in [0.15, 0.2) is 0 Å². The minimum absolute atomic E-state index is 0.719. The van der Waals surface area contributed by atoms with Crippen LogP contribution >= 0.6 is 0 Å². The topological polar surface area (TPSA) is 0 Å². The van der Waals surface area contributed by atoms with Gasteiger partial charge in [-0.05, 0) is 10.1 Å². The summed E-state index contributed by atoms with van der Waals surface area (Å²) in [6, 6.07) is 0. The highest BCUT2D eigenvalue weighted by Gasteiger charge is 2.51. The Morgan fingerprint density at radius 2 is 1.56 bits per heavy atom. The van der Waals surface area contributed by atoms with E-state index in [1.54, 1.807) is 19.3 Å². The molecule has 0 aromatic rings. The maximum absolute atomic E-state index is 2.43. The van der Waals surface area contributed by atoms with E-state index in [9.17, 15) is 0 Å². The molecule has 9 heavy (non-hydrogen) atoms. The molecule has 1 heteroatoms. The van der Waals surface area contributed by atoms with E-state index in [4.69, 9.17) is 0 Å². The van der Waals surface area contributed by atoms with Gasteiger partial charge in [-0.15, -0.1) is 0 Å². The zero-order chi connectivity index (χ0) is 6.54. The van der Waals surface area contributed by atoms with E-state index in [0.717, 1.165) is 10.1 Å². The van der Waals surface area contributed by atoms with E-state index in [1.165, 1.54) is 15.9 Å². The lowest BCUT2D eigenvalue weighted by Crippen LogP contribution is -2.07. The molecule has 50 valence electrons. The summed E-state index contributed by atoms with van der Waals surface area (Å²) in [7, 11) is 1.27. The van der Waals surface area contributed by atoms with Crippen LogP contribution < -0.4 is 0 Å². The van der Waals surface area contributed by atoms with Crippen LogP contribution in [0.2, 0.25) is 10.1 Å². The van der Waals surface area contributed by atoms with Crippen molar-refractivity contribution in [2.24, 2.45) is 0 Å². The number of rotatable bonds is 0. The van der Waals surface area contributed by atoms with Crippen molar-refractivity contribution in [3.05, 3.63) is 0 Å². The normalized spacial score (nSPS) is 35.3. The van der Waals surface area contributed by atoms with Crippen molar-refractivity contribution in [1.82, 2.24) is 0 Å². The molecular formula is C8H14Si. The van der Waals surface area contributed by atoms with Gasteiger partial charge < -0.3 is 0 Å². The fourth-order valence-electron chi connectivity index (χ4n) is 1.92. The molecule has 1 heterocycles. The summed E-state index contributed by atoms with van der Waals surface area (Å²) in [5.41, 5.74) is 0. The van der Waals surface area contributed by atoms with Crippen molar-refractivity contribution in [2.75, 3.05) is 0 Å². The number of hydrogen-bond acceptors (Lipinski definition) is 0. The Hall–Kier alpha value is 0.217. The first kappa shape index (κ1) is 5.96. The van der Waals surface area contributed by atoms with Crippen molar-refractivity contribution in [3.63, 3.8) is 0 Å². The minimum Gasteiger partial charge on any atom is -0.0628 e. The second-order valence-electron chi connectivity index (χ2n) is 4.29. The maximum Gasteiger partial charge on any atom is 0.0524 e. The van der Waals surface area contributed by atoms with E-state index < -0.39 is 0 Å². The van der Waals surface area contributed by atoms with Crippen LogP contribution in [0, 0.1) is 0 Å². The van der Waals surface area contributed by atoms with Gasteiger partial charge in [-0.2, -0.15) is 0 Å². The zero-order valence-electron chi connectivity index (χ0n) is 6.33. The molecule has 2 radical (unpaired) electrons. The number of hydrogen-bond donors (Lipinski definition) is 0. The summed E-state index contributed by atoms with van der Waals surface area (Å²) in [4.78, 5) is 0. The predicted molar refractivity (Wildman–Crippen MR) is 41.0 cm³/mol. The molecule has 1 aliphatic heterocycles. The lowest BCUT2D eigenvalue weighted by molar-refractivity contribution is 0.617. The first-order valence-electron chi connectivity index (χ1n) is 3.91. The standard InChI is InChI=1S/C8H14Si/c1-7(2)3-4-8(9-7)5-6-8/h3-6H2,1-2H3. The largest absolute Gasteiger partial charge is 0.0628 e. The monoisotopic (exact) mass is 138 g/mol. The molecule has 0 N–H and O–H groups in total. The molecule has 0 amide bonds. The summed E-state index contributed by atoms with van der Waals surface area (Å²) < 4.78 is 0. The molecule has 2 rings (SSSR count). The average molecular weight is 138 g/mol. The van der Waals surface area contributed by atoms with Crippen molar-refractivity contribution < 1.29 is 0 Å². The molecule has 2 aliphatic rings. The first-order valence-corrected chi connectivity index (χ1v) is 4.91. The highest BCUT2D eigenvalue weighted by atomic mass is 28.2. The van der Waals surface area contributed by atoms with Crippen LogP contribution in [0.25, 0.3) is 0 Å². The Morgan fingerprint density at radius 3 is 1.78 bits per heavy atom. The van der Waals surface area contributed by atoms with E-state index in [1.807, 2.05) is 0 Å². The van der Waals surface area contributed by atoms with Gasteiger partial charge in [-0.25, -0.2) is 0 Å². The van der Waals surface area contributed by atoms with Crippen LogP contribution in [0.5, 0.6) is 0 Å². The van der Waals surface area contributed by atoms with Crippen LogP contribution in [-0.4, -0.2) is 9.52 Å². The Labute approximate surface area is 59.9 Å². The Balaban J connectivity index is 2.08. The van der Waals surface area contributed by atoms with Crippen molar-refractivity contribution in [2.45, 2.75) is 49.6 Å². The molecule has 0 bridgehead atoms. The lowest BCUT2D eigenvalue weighted by atomic mass is 10.1. The van der Waals surface area contributed by atoms with Crippen LogP contribution in [0.3, 0.4) is 0 Å². The van der Waals surface area contributed by atoms with E-state index >= 15 is 0 Å². The Kier molecular flexibility index (Phi) is 0.956. The van der Waals surface area contributed by atoms with Crippen molar-refractivity contribution in [1.29, 1.82) is 0 Å². The second kappa shape index (κ2) is 1.44. The quantitative estimate of drug-likeness (QED) is 0.451. The van der Waals surface area contributed by atoms with Crippen LogP contribution in [-0.2, 0) is 0 Å². The first-order chi connectivity index (χ1) is 4.12. The molecule has 0 aromatic heterocycles. The van der Waals surface area contributed by atoms with E-state index in [0.29, 0.717) is 0 Å². The van der Waals surface area contributed by atoms with Gasteiger partial charge in [-0.1, -0.05) is 39.5 Å². The van der Waals surface area contributed by atoms with Crippen molar-refractivity contribution in [3.8, 4) is 0 Å². The fourth-order valence-corrected chi connectivity index (χ4v) is 4.23. The van der Waals surface area contributed by atoms with Gasteiger partial charge in [0.25, 0.3) is 0 Å². The molecule has 0 atom stereocenters. The molecule has 1 aliphatic carbocycles. The van der Waals surface area contributed by atoms with Crippen LogP contribution in [0.1, 0.15) is 39.5 Å². The van der Waals surface area contributed by atoms with Gasteiger partial charge in [-0.3, -0.25) is 0 Å². The molecule has 1 saturated heterocycles. The maximum atomic E-state index is 2.43. The van der Waals surface area contributed by atoms with Gasteiger partial charge in [0.1, 0.15) is 0 Å². The molecular weight excluding hydrogens is 124 g/mol. The lowest BCUT2D eigenvalue weighted by Gasteiger charge is -2.14. The van der Waals surface area contributed by atoms with Gasteiger partial charge in [0.05, 0.1) is 9.52 Å². The van der Waals surface area contributed by atoms with E-state index in [-0.39, 0.29) is 0 Å². The third-order valence-corrected chi connectivity index (χ3v) is 4.89. The average Bonchev–Trinajstić information content (AvgIpc) is 2.36. The fraction of sp³-hybridized carbons (Fsp3) is 1.00. The summed E-state index contributed by atoms with van der Waals surface area (Å²) >= 11 is 0. The summed E-state index contributed by atoms with van der Waals surface area (Å²) in [6.07, 6.45) is 6.13. The molecule has 1 spiro atoms. The van der Waals surface area contributed by atoms with E-state index in [2.05, 4.69) is 13.8 Å². The second-order valence-corrected chi connectivity index (χ2v) is 6.95. The smallest absolute Gasteiger partial charge is 0.0524 e. The Morgan fingerprint density at radius 1 is 1.00 bits per heavy atom.